The number of benzene rings is 3. The summed E-state index contributed by atoms with van der Waals surface area (Å²) in [5.74, 6) is 1.06. The van der Waals surface area contributed by atoms with Crippen LogP contribution in [0.3, 0.4) is 0 Å². The number of fused-ring (bicyclic) bond motifs is 2. The number of ether oxygens (including phenoxy) is 2. The molecule has 1 heterocycles. The zero-order valence-electron chi connectivity index (χ0n) is 16.4. The summed E-state index contributed by atoms with van der Waals surface area (Å²) in [5.41, 5.74) is 1.84. The lowest BCUT2D eigenvalue weighted by molar-refractivity contribution is 0.0941. The van der Waals surface area contributed by atoms with Gasteiger partial charge in [0, 0.05) is 16.7 Å². The molecule has 0 spiro atoms. The van der Waals surface area contributed by atoms with Crippen molar-refractivity contribution in [2.45, 2.75) is 10.9 Å². The third-order valence-electron chi connectivity index (χ3n) is 4.94. The van der Waals surface area contributed by atoms with Crippen LogP contribution in [0.1, 0.15) is 27.5 Å². The number of para-hydroxylation sites is 2. The molecule has 0 saturated heterocycles. The highest BCUT2D eigenvalue weighted by molar-refractivity contribution is 7.89. The van der Waals surface area contributed by atoms with Crippen molar-refractivity contribution in [1.29, 1.82) is 0 Å². The Bertz CT molecular complexity index is 1180. The molecule has 1 amide bonds. The van der Waals surface area contributed by atoms with Crippen molar-refractivity contribution in [3.63, 3.8) is 0 Å². The molecule has 0 saturated carbocycles. The molecule has 0 aromatic heterocycles. The molecule has 154 valence electrons. The zero-order valence-corrected chi connectivity index (χ0v) is 17.2. The summed E-state index contributed by atoms with van der Waals surface area (Å²) in [5, 5.41) is 3.01. The van der Waals surface area contributed by atoms with Crippen LogP contribution in [-0.4, -0.2) is 28.5 Å². The van der Waals surface area contributed by atoms with Crippen LogP contribution in [0.2, 0.25) is 0 Å². The monoisotopic (exact) mass is 424 g/mol. The Balaban J connectivity index is 1.73. The third kappa shape index (κ3) is 3.51. The number of sulfonamides is 1. The van der Waals surface area contributed by atoms with Crippen LogP contribution in [0.25, 0.3) is 0 Å². The van der Waals surface area contributed by atoms with Gasteiger partial charge in [0.1, 0.15) is 22.1 Å². The maximum atomic E-state index is 13.1. The van der Waals surface area contributed by atoms with Crippen molar-refractivity contribution < 1.29 is 22.7 Å². The molecule has 2 N–H and O–H groups in total. The van der Waals surface area contributed by atoms with Crippen molar-refractivity contribution in [1.82, 2.24) is 10.0 Å². The van der Waals surface area contributed by atoms with E-state index >= 15 is 0 Å². The minimum absolute atomic E-state index is 0.104. The zero-order chi connectivity index (χ0) is 21.3. The Labute approximate surface area is 174 Å². The van der Waals surface area contributed by atoms with Gasteiger partial charge < -0.3 is 14.8 Å². The highest BCUT2D eigenvalue weighted by atomic mass is 32.2. The van der Waals surface area contributed by atoms with Crippen molar-refractivity contribution in [2.75, 3.05) is 14.2 Å². The molecule has 1 aliphatic heterocycles. The summed E-state index contributed by atoms with van der Waals surface area (Å²) in [6, 6.07) is 18.8. The average Bonchev–Trinajstić information content (AvgIpc) is 2.78. The molecule has 30 heavy (non-hydrogen) atoms. The number of carbonyl (C=O) groups is 1. The van der Waals surface area contributed by atoms with E-state index in [0.29, 0.717) is 11.5 Å². The van der Waals surface area contributed by atoms with Gasteiger partial charge >= 0.3 is 0 Å². The van der Waals surface area contributed by atoms with E-state index in [-0.39, 0.29) is 16.2 Å². The number of hydrogen-bond acceptors (Lipinski definition) is 5. The van der Waals surface area contributed by atoms with E-state index in [9.17, 15) is 13.2 Å². The van der Waals surface area contributed by atoms with Crippen LogP contribution in [0.4, 0.5) is 0 Å². The van der Waals surface area contributed by atoms with Gasteiger partial charge in [-0.2, -0.15) is 0 Å². The van der Waals surface area contributed by atoms with Gasteiger partial charge in [0.2, 0.25) is 10.0 Å². The minimum Gasteiger partial charge on any atom is -0.495 e. The standard InChI is InChI=1S/C22H20N2O5S/c1-23-30(26,27)20-13-14(11-12-19(20)28-2)22(25)24-21-15-7-3-5-9-17(15)29-18-10-6-4-8-16(18)21/h3-13,21,23H,1-2H3,(H,24,25). The Morgan fingerprint density at radius 1 is 0.967 bits per heavy atom. The summed E-state index contributed by atoms with van der Waals surface area (Å²) in [6.07, 6.45) is 0. The molecule has 3 aromatic carbocycles. The third-order valence-corrected chi connectivity index (χ3v) is 6.37. The molecule has 1 aliphatic rings. The molecular formula is C22H20N2O5S. The Hall–Kier alpha value is -3.36. The van der Waals surface area contributed by atoms with Crippen LogP contribution in [0.5, 0.6) is 17.2 Å². The summed E-state index contributed by atoms with van der Waals surface area (Å²) < 4.78 is 38.0. The fourth-order valence-electron chi connectivity index (χ4n) is 3.42. The smallest absolute Gasteiger partial charge is 0.252 e. The first-order valence-electron chi connectivity index (χ1n) is 9.23. The molecule has 8 heteroatoms. The molecule has 3 aromatic rings. The number of carbonyl (C=O) groups excluding carboxylic acids is 1. The van der Waals surface area contributed by atoms with Gasteiger partial charge in [-0.15, -0.1) is 0 Å². The highest BCUT2D eigenvalue weighted by Gasteiger charge is 2.29. The summed E-state index contributed by atoms with van der Waals surface area (Å²) in [6.45, 7) is 0. The van der Waals surface area contributed by atoms with Crippen LogP contribution >= 0.6 is 0 Å². The molecule has 0 atom stereocenters. The second-order valence-electron chi connectivity index (χ2n) is 6.66. The van der Waals surface area contributed by atoms with Crippen molar-refractivity contribution >= 4 is 15.9 Å². The molecule has 4 rings (SSSR count). The maximum absolute atomic E-state index is 13.1. The fraction of sp³-hybridized carbons (Fsp3) is 0.136. The first-order valence-corrected chi connectivity index (χ1v) is 10.7. The largest absolute Gasteiger partial charge is 0.495 e. The summed E-state index contributed by atoms with van der Waals surface area (Å²) >= 11 is 0. The normalized spacial score (nSPS) is 13.0. The molecule has 0 fully saturated rings. The lowest BCUT2D eigenvalue weighted by atomic mass is 9.94. The lowest BCUT2D eigenvalue weighted by Crippen LogP contribution is -2.31. The van der Waals surface area contributed by atoms with Gasteiger partial charge in [0.15, 0.2) is 0 Å². The average molecular weight is 424 g/mol. The van der Waals surface area contributed by atoms with E-state index in [0.717, 1.165) is 11.1 Å². The quantitative estimate of drug-likeness (QED) is 0.656. The van der Waals surface area contributed by atoms with Crippen LogP contribution in [0.15, 0.2) is 71.6 Å². The SMILES string of the molecule is CNS(=O)(=O)c1cc(C(=O)NC2c3ccccc3Oc3ccccc32)ccc1OC. The molecular weight excluding hydrogens is 404 g/mol. The Morgan fingerprint density at radius 2 is 1.57 bits per heavy atom. The molecule has 0 unspecified atom stereocenters. The molecule has 0 radical (unpaired) electrons. The first-order chi connectivity index (χ1) is 14.4. The van der Waals surface area contributed by atoms with Gasteiger partial charge in [-0.3, -0.25) is 4.79 Å². The van der Waals surface area contributed by atoms with Crippen molar-refractivity contribution in [3.8, 4) is 17.2 Å². The van der Waals surface area contributed by atoms with Crippen LogP contribution in [-0.2, 0) is 10.0 Å². The van der Waals surface area contributed by atoms with Gasteiger partial charge in [0.25, 0.3) is 5.91 Å². The summed E-state index contributed by atoms with van der Waals surface area (Å²) in [4.78, 5) is 13.0. The van der Waals surface area contributed by atoms with E-state index in [2.05, 4.69) is 10.0 Å². The van der Waals surface area contributed by atoms with E-state index < -0.39 is 22.0 Å². The number of hydrogen-bond donors (Lipinski definition) is 2. The number of methoxy groups -OCH3 is 1. The van der Waals surface area contributed by atoms with Crippen LogP contribution in [0, 0.1) is 0 Å². The number of rotatable bonds is 5. The number of amides is 1. The maximum Gasteiger partial charge on any atom is 0.252 e. The van der Waals surface area contributed by atoms with Crippen molar-refractivity contribution in [3.05, 3.63) is 83.4 Å². The first kappa shape index (κ1) is 19.9. The molecule has 0 aliphatic carbocycles. The lowest BCUT2D eigenvalue weighted by Gasteiger charge is -2.28. The van der Waals surface area contributed by atoms with E-state index in [1.165, 1.54) is 32.4 Å². The molecule has 7 nitrogen and oxygen atoms in total. The second kappa shape index (κ2) is 7.81. The van der Waals surface area contributed by atoms with E-state index in [1.54, 1.807) is 0 Å². The number of nitrogens with one attached hydrogen (secondary N) is 2. The second-order valence-corrected chi connectivity index (χ2v) is 8.51. The Morgan fingerprint density at radius 3 is 2.13 bits per heavy atom. The van der Waals surface area contributed by atoms with Gasteiger partial charge in [-0.1, -0.05) is 36.4 Å². The van der Waals surface area contributed by atoms with Crippen molar-refractivity contribution in [2.24, 2.45) is 0 Å². The highest BCUT2D eigenvalue weighted by Crippen LogP contribution is 2.42. The fourth-order valence-corrected chi connectivity index (χ4v) is 4.34. The van der Waals surface area contributed by atoms with E-state index in [4.69, 9.17) is 9.47 Å². The van der Waals surface area contributed by atoms with Gasteiger partial charge in [0.05, 0.1) is 13.2 Å². The van der Waals surface area contributed by atoms with Crippen LogP contribution < -0.4 is 19.5 Å². The van der Waals surface area contributed by atoms with Gasteiger partial charge in [-0.05, 0) is 37.4 Å². The topological polar surface area (TPSA) is 93.7 Å². The predicted octanol–water partition coefficient (Wildman–Crippen LogP) is 3.23. The predicted molar refractivity (Wildman–Crippen MR) is 112 cm³/mol. The summed E-state index contributed by atoms with van der Waals surface area (Å²) in [7, 11) is -1.12. The van der Waals surface area contributed by atoms with E-state index in [1.807, 2.05) is 48.5 Å². The minimum atomic E-state index is -3.80. The molecule has 0 bridgehead atoms. The Kier molecular flexibility index (Phi) is 5.19. The van der Waals surface area contributed by atoms with Gasteiger partial charge in [-0.25, -0.2) is 13.1 Å².